The summed E-state index contributed by atoms with van der Waals surface area (Å²) in [6.07, 6.45) is 3.48. The molecular formula is C15H15N5. The van der Waals surface area contributed by atoms with Crippen molar-refractivity contribution in [3.63, 3.8) is 0 Å². The van der Waals surface area contributed by atoms with Gasteiger partial charge in [-0.05, 0) is 17.7 Å². The summed E-state index contributed by atoms with van der Waals surface area (Å²) in [5.74, 6) is 1.23. The van der Waals surface area contributed by atoms with Gasteiger partial charge in [-0.2, -0.15) is 0 Å². The minimum absolute atomic E-state index is 0.413. The van der Waals surface area contributed by atoms with Crippen molar-refractivity contribution in [3.05, 3.63) is 60.4 Å². The summed E-state index contributed by atoms with van der Waals surface area (Å²) in [5.41, 5.74) is 8.69. The molecule has 5 heteroatoms. The molecule has 0 atom stereocenters. The highest BCUT2D eigenvalue weighted by molar-refractivity contribution is 5.63. The van der Waals surface area contributed by atoms with Gasteiger partial charge in [0.1, 0.15) is 5.82 Å². The highest BCUT2D eigenvalue weighted by atomic mass is 15.0. The van der Waals surface area contributed by atoms with Crippen molar-refractivity contribution in [2.24, 2.45) is 0 Å². The van der Waals surface area contributed by atoms with Crippen LogP contribution in [0.4, 0.5) is 11.8 Å². The summed E-state index contributed by atoms with van der Waals surface area (Å²) >= 11 is 0. The van der Waals surface area contributed by atoms with Crippen molar-refractivity contribution in [1.29, 1.82) is 0 Å². The zero-order valence-electron chi connectivity index (χ0n) is 10.9. The molecule has 0 amide bonds. The number of aromatic nitrogens is 3. The smallest absolute Gasteiger partial charge is 0.197 e. The molecule has 0 radical (unpaired) electrons. The number of nitrogens with two attached hydrogens (primary N) is 1. The Kier molecular flexibility index (Phi) is 3.33. The number of anilines is 2. The number of pyridine rings is 1. The molecule has 2 aromatic heterocycles. The molecule has 0 aliphatic rings. The Morgan fingerprint density at radius 2 is 1.95 bits per heavy atom. The fraction of sp³-hybridized carbons (Fsp3) is 0.0667. The van der Waals surface area contributed by atoms with Crippen molar-refractivity contribution < 1.29 is 0 Å². The Bertz CT molecular complexity index is 690. The van der Waals surface area contributed by atoms with Crippen LogP contribution in [0.15, 0.2) is 54.9 Å². The molecule has 1 aromatic carbocycles. The largest absolute Gasteiger partial charge is 0.369 e. The summed E-state index contributed by atoms with van der Waals surface area (Å²) in [4.78, 5) is 11.3. The maximum absolute atomic E-state index is 5.59. The van der Waals surface area contributed by atoms with Gasteiger partial charge in [-0.3, -0.25) is 0 Å². The molecule has 0 aliphatic carbocycles. The summed E-state index contributed by atoms with van der Waals surface area (Å²) in [7, 11) is 0. The molecule has 20 heavy (non-hydrogen) atoms. The van der Waals surface area contributed by atoms with Crippen LogP contribution in [0.1, 0.15) is 5.56 Å². The molecule has 3 rings (SSSR count). The van der Waals surface area contributed by atoms with Crippen LogP contribution in [-0.4, -0.2) is 15.0 Å². The molecule has 100 valence electrons. The first kappa shape index (κ1) is 12.2. The van der Waals surface area contributed by atoms with Gasteiger partial charge >= 0.3 is 0 Å². The number of hydrogen-bond donors (Lipinski definition) is 3. The number of rotatable bonds is 4. The van der Waals surface area contributed by atoms with Crippen molar-refractivity contribution in [1.82, 2.24) is 15.0 Å². The van der Waals surface area contributed by atoms with Crippen molar-refractivity contribution in [3.8, 4) is 11.3 Å². The molecule has 0 spiro atoms. The second-order valence-electron chi connectivity index (χ2n) is 4.45. The quantitative estimate of drug-likeness (QED) is 0.677. The molecule has 0 aliphatic heterocycles. The summed E-state index contributed by atoms with van der Waals surface area (Å²) in [6, 6.07) is 14.1. The van der Waals surface area contributed by atoms with Gasteiger partial charge in [0, 0.05) is 18.3 Å². The standard InChI is InChI=1S/C15H15N5/c16-15-19-10-13(20-15)12-6-7-17-14(8-12)18-9-11-4-2-1-3-5-11/h1-8,10H,9H2,(H,17,18)(H3,16,19,20). The second kappa shape index (κ2) is 5.44. The molecule has 0 unspecified atom stereocenters. The van der Waals surface area contributed by atoms with Crippen LogP contribution < -0.4 is 11.1 Å². The van der Waals surface area contributed by atoms with E-state index in [1.54, 1.807) is 12.4 Å². The number of nitrogens with zero attached hydrogens (tertiary/aromatic N) is 2. The molecule has 2 heterocycles. The fourth-order valence-electron chi connectivity index (χ4n) is 1.97. The van der Waals surface area contributed by atoms with E-state index in [0.29, 0.717) is 5.95 Å². The Labute approximate surface area is 116 Å². The first-order valence-corrected chi connectivity index (χ1v) is 6.36. The van der Waals surface area contributed by atoms with Gasteiger partial charge in [-0.25, -0.2) is 9.97 Å². The van der Waals surface area contributed by atoms with E-state index in [4.69, 9.17) is 5.73 Å². The molecule has 5 nitrogen and oxygen atoms in total. The molecule has 0 saturated heterocycles. The average molecular weight is 265 g/mol. The Hall–Kier alpha value is -2.82. The topological polar surface area (TPSA) is 79.6 Å². The normalized spacial score (nSPS) is 10.4. The maximum Gasteiger partial charge on any atom is 0.197 e. The third-order valence-corrected chi connectivity index (χ3v) is 2.98. The van der Waals surface area contributed by atoms with Crippen LogP contribution in [0.5, 0.6) is 0 Å². The Balaban J connectivity index is 1.75. The lowest BCUT2D eigenvalue weighted by molar-refractivity contribution is 1.11. The second-order valence-corrected chi connectivity index (χ2v) is 4.45. The zero-order chi connectivity index (χ0) is 13.8. The average Bonchev–Trinajstić information content (AvgIpc) is 2.93. The number of benzene rings is 1. The van der Waals surface area contributed by atoms with E-state index >= 15 is 0 Å². The number of nitrogen functional groups attached to an aromatic ring is 1. The van der Waals surface area contributed by atoms with Gasteiger partial charge in [0.15, 0.2) is 5.95 Å². The van der Waals surface area contributed by atoms with Crippen LogP contribution >= 0.6 is 0 Å². The highest BCUT2D eigenvalue weighted by Gasteiger charge is 2.03. The van der Waals surface area contributed by atoms with E-state index in [1.807, 2.05) is 30.3 Å². The van der Waals surface area contributed by atoms with E-state index < -0.39 is 0 Å². The van der Waals surface area contributed by atoms with Crippen LogP contribution in [-0.2, 0) is 6.54 Å². The Morgan fingerprint density at radius 1 is 1.10 bits per heavy atom. The minimum atomic E-state index is 0.413. The number of H-pyrrole nitrogens is 1. The molecule has 0 bridgehead atoms. The van der Waals surface area contributed by atoms with Crippen LogP contribution in [0.2, 0.25) is 0 Å². The molecule has 4 N–H and O–H groups in total. The van der Waals surface area contributed by atoms with Crippen molar-refractivity contribution in [2.45, 2.75) is 6.54 Å². The maximum atomic E-state index is 5.59. The van der Waals surface area contributed by atoms with Gasteiger partial charge in [-0.15, -0.1) is 0 Å². The van der Waals surface area contributed by atoms with E-state index in [9.17, 15) is 0 Å². The van der Waals surface area contributed by atoms with E-state index in [1.165, 1.54) is 5.56 Å². The SMILES string of the molecule is Nc1ncc(-c2ccnc(NCc3ccccc3)c2)[nH]1. The van der Waals surface area contributed by atoms with E-state index in [0.717, 1.165) is 23.6 Å². The van der Waals surface area contributed by atoms with Crippen molar-refractivity contribution >= 4 is 11.8 Å². The lowest BCUT2D eigenvalue weighted by Crippen LogP contribution is -2.01. The first-order valence-electron chi connectivity index (χ1n) is 6.36. The first-order chi connectivity index (χ1) is 9.81. The molecule has 0 fully saturated rings. The van der Waals surface area contributed by atoms with Crippen LogP contribution in [0.25, 0.3) is 11.3 Å². The highest BCUT2D eigenvalue weighted by Crippen LogP contribution is 2.20. The van der Waals surface area contributed by atoms with Crippen LogP contribution in [0, 0.1) is 0 Å². The lowest BCUT2D eigenvalue weighted by Gasteiger charge is -2.06. The third kappa shape index (κ3) is 2.77. The summed E-state index contributed by atoms with van der Waals surface area (Å²) in [6.45, 7) is 0.739. The van der Waals surface area contributed by atoms with E-state index in [-0.39, 0.29) is 0 Å². The van der Waals surface area contributed by atoms with Gasteiger partial charge in [-0.1, -0.05) is 30.3 Å². The monoisotopic (exact) mass is 265 g/mol. The predicted octanol–water partition coefficient (Wildman–Crippen LogP) is 2.67. The third-order valence-electron chi connectivity index (χ3n) is 2.98. The Morgan fingerprint density at radius 3 is 2.70 bits per heavy atom. The van der Waals surface area contributed by atoms with Gasteiger partial charge in [0.05, 0.1) is 11.9 Å². The molecular weight excluding hydrogens is 250 g/mol. The minimum Gasteiger partial charge on any atom is -0.369 e. The predicted molar refractivity (Wildman–Crippen MR) is 80.0 cm³/mol. The number of imidazole rings is 1. The van der Waals surface area contributed by atoms with Gasteiger partial charge in [0.2, 0.25) is 0 Å². The fourth-order valence-corrected chi connectivity index (χ4v) is 1.97. The van der Waals surface area contributed by atoms with Crippen molar-refractivity contribution in [2.75, 3.05) is 11.1 Å². The summed E-state index contributed by atoms with van der Waals surface area (Å²) < 4.78 is 0. The lowest BCUT2D eigenvalue weighted by atomic mass is 10.2. The van der Waals surface area contributed by atoms with Crippen LogP contribution in [0.3, 0.4) is 0 Å². The molecule has 3 aromatic rings. The zero-order valence-corrected chi connectivity index (χ0v) is 10.9. The van der Waals surface area contributed by atoms with E-state index in [2.05, 4.69) is 32.4 Å². The molecule has 0 saturated carbocycles. The number of aromatic amines is 1. The van der Waals surface area contributed by atoms with Gasteiger partial charge < -0.3 is 16.0 Å². The number of nitrogens with one attached hydrogen (secondary N) is 2. The number of hydrogen-bond acceptors (Lipinski definition) is 4. The summed E-state index contributed by atoms with van der Waals surface area (Å²) in [5, 5.41) is 3.30. The van der Waals surface area contributed by atoms with Gasteiger partial charge in [0.25, 0.3) is 0 Å².